The first-order chi connectivity index (χ1) is 10.2. The number of amides is 2. The Kier molecular flexibility index (Phi) is 6.36. The van der Waals surface area contributed by atoms with E-state index in [0.717, 1.165) is 0 Å². The first kappa shape index (κ1) is 18.0. The topological polar surface area (TPSA) is 84.2 Å². The average molecular weight is 317 g/mol. The van der Waals surface area contributed by atoms with E-state index in [-0.39, 0.29) is 23.9 Å². The predicted molar refractivity (Wildman–Crippen MR) is 76.3 cm³/mol. The maximum atomic E-state index is 12.0. The highest BCUT2D eigenvalue weighted by Crippen LogP contribution is 2.14. The number of nitrogens with two attached hydrogens (primary N) is 1. The monoisotopic (exact) mass is 317 g/mol. The van der Waals surface area contributed by atoms with E-state index < -0.39 is 18.6 Å². The number of carbonyl (C=O) groups excluding carboxylic acids is 2. The van der Waals surface area contributed by atoms with Gasteiger partial charge in [-0.1, -0.05) is 0 Å². The van der Waals surface area contributed by atoms with Crippen molar-refractivity contribution in [1.82, 2.24) is 5.32 Å². The molecule has 0 aliphatic rings. The zero-order valence-corrected chi connectivity index (χ0v) is 12.0. The molecule has 0 spiro atoms. The molecular weight excluding hydrogens is 299 g/mol. The molecule has 0 aromatic heterocycles. The number of hydrogen-bond acceptors (Lipinski definition) is 3. The first-order valence-electron chi connectivity index (χ1n) is 6.68. The third kappa shape index (κ3) is 7.07. The van der Waals surface area contributed by atoms with Gasteiger partial charge in [-0.05, 0) is 37.6 Å². The van der Waals surface area contributed by atoms with Crippen molar-refractivity contribution < 1.29 is 22.8 Å². The maximum Gasteiger partial charge on any atom is 0.405 e. The second-order valence-electron chi connectivity index (χ2n) is 4.94. The standard InChI is InChI=1S/C14H18F3N3O2/c1-9(18)2-7-12(21)20-11-5-3-10(4-6-11)13(22)19-8-14(15,16)17/h3-6,9H,2,7-8,18H2,1H3,(H,19,22)(H,20,21). The van der Waals surface area contributed by atoms with Gasteiger partial charge in [0, 0.05) is 23.7 Å². The van der Waals surface area contributed by atoms with Crippen molar-refractivity contribution in [3.05, 3.63) is 29.8 Å². The minimum Gasteiger partial charge on any atom is -0.343 e. The van der Waals surface area contributed by atoms with Gasteiger partial charge in [0.2, 0.25) is 5.91 Å². The van der Waals surface area contributed by atoms with Crippen LogP contribution in [0.2, 0.25) is 0 Å². The minimum absolute atomic E-state index is 0.0783. The molecule has 4 N–H and O–H groups in total. The zero-order valence-electron chi connectivity index (χ0n) is 12.0. The van der Waals surface area contributed by atoms with Gasteiger partial charge in [0.15, 0.2) is 0 Å². The van der Waals surface area contributed by atoms with Crippen molar-refractivity contribution in [3.8, 4) is 0 Å². The van der Waals surface area contributed by atoms with Crippen molar-refractivity contribution >= 4 is 17.5 Å². The average Bonchev–Trinajstić information content (AvgIpc) is 2.42. The number of benzene rings is 1. The summed E-state index contributed by atoms with van der Waals surface area (Å²) in [4.78, 5) is 23.1. The third-order valence-corrected chi connectivity index (χ3v) is 2.71. The van der Waals surface area contributed by atoms with Gasteiger partial charge in [-0.25, -0.2) is 0 Å². The Hall–Kier alpha value is -2.09. The van der Waals surface area contributed by atoms with Crippen LogP contribution in [-0.2, 0) is 4.79 Å². The minimum atomic E-state index is -4.45. The highest BCUT2D eigenvalue weighted by molar-refractivity contribution is 5.95. The van der Waals surface area contributed by atoms with Gasteiger partial charge in [-0.15, -0.1) is 0 Å². The second kappa shape index (κ2) is 7.79. The summed E-state index contributed by atoms with van der Waals surface area (Å²) in [6.45, 7) is 0.406. The van der Waals surface area contributed by atoms with Crippen LogP contribution < -0.4 is 16.4 Å². The number of nitrogens with one attached hydrogen (secondary N) is 2. The Labute approximate surface area is 126 Å². The van der Waals surface area contributed by atoms with Gasteiger partial charge < -0.3 is 16.4 Å². The first-order valence-corrected chi connectivity index (χ1v) is 6.68. The molecule has 0 radical (unpaired) electrons. The van der Waals surface area contributed by atoms with E-state index in [2.05, 4.69) is 5.32 Å². The van der Waals surface area contributed by atoms with Crippen LogP contribution >= 0.6 is 0 Å². The van der Waals surface area contributed by atoms with E-state index in [1.54, 1.807) is 12.2 Å². The normalized spacial score (nSPS) is 12.6. The molecule has 0 heterocycles. The molecule has 0 aliphatic heterocycles. The van der Waals surface area contributed by atoms with Crippen LogP contribution in [0.15, 0.2) is 24.3 Å². The number of anilines is 1. The van der Waals surface area contributed by atoms with E-state index in [4.69, 9.17) is 5.73 Å². The Balaban J connectivity index is 2.52. The lowest BCUT2D eigenvalue weighted by molar-refractivity contribution is -0.123. The number of alkyl halides is 3. The number of hydrogen-bond donors (Lipinski definition) is 3. The highest BCUT2D eigenvalue weighted by Gasteiger charge is 2.27. The molecular formula is C14H18F3N3O2. The van der Waals surface area contributed by atoms with Crippen molar-refractivity contribution in [2.45, 2.75) is 32.0 Å². The van der Waals surface area contributed by atoms with Gasteiger partial charge in [-0.2, -0.15) is 13.2 Å². The Morgan fingerprint density at radius 3 is 2.32 bits per heavy atom. The fourth-order valence-corrected chi connectivity index (χ4v) is 1.57. The zero-order chi connectivity index (χ0) is 16.8. The molecule has 1 unspecified atom stereocenters. The molecule has 0 saturated heterocycles. The third-order valence-electron chi connectivity index (χ3n) is 2.71. The fraction of sp³-hybridized carbons (Fsp3) is 0.429. The summed E-state index contributed by atoms with van der Waals surface area (Å²) in [5.74, 6) is -1.04. The van der Waals surface area contributed by atoms with Crippen molar-refractivity contribution in [2.75, 3.05) is 11.9 Å². The number of rotatable bonds is 6. The maximum absolute atomic E-state index is 12.0. The molecule has 22 heavy (non-hydrogen) atoms. The molecule has 0 aliphatic carbocycles. The van der Waals surface area contributed by atoms with E-state index in [9.17, 15) is 22.8 Å². The Morgan fingerprint density at radius 1 is 1.23 bits per heavy atom. The van der Waals surface area contributed by atoms with Crippen LogP contribution in [0, 0.1) is 0 Å². The summed E-state index contributed by atoms with van der Waals surface area (Å²) < 4.78 is 36.0. The highest BCUT2D eigenvalue weighted by atomic mass is 19.4. The molecule has 2 amide bonds. The molecule has 122 valence electrons. The SMILES string of the molecule is CC(N)CCC(=O)Nc1ccc(C(=O)NCC(F)(F)F)cc1. The van der Waals surface area contributed by atoms with Crippen LogP contribution in [0.3, 0.4) is 0 Å². The second-order valence-corrected chi connectivity index (χ2v) is 4.94. The van der Waals surface area contributed by atoms with Crippen molar-refractivity contribution in [3.63, 3.8) is 0 Å². The van der Waals surface area contributed by atoms with Gasteiger partial charge in [0.25, 0.3) is 5.91 Å². The lowest BCUT2D eigenvalue weighted by Gasteiger charge is -2.09. The van der Waals surface area contributed by atoms with E-state index >= 15 is 0 Å². The molecule has 0 bridgehead atoms. The van der Waals surface area contributed by atoms with E-state index in [1.165, 1.54) is 24.3 Å². The van der Waals surface area contributed by atoms with Crippen molar-refractivity contribution in [2.24, 2.45) is 5.73 Å². The van der Waals surface area contributed by atoms with Gasteiger partial charge in [0.1, 0.15) is 6.54 Å². The van der Waals surface area contributed by atoms with E-state index in [1.807, 2.05) is 0 Å². The summed E-state index contributed by atoms with van der Waals surface area (Å²) in [6, 6.07) is 5.50. The number of halogens is 3. The molecule has 1 aromatic carbocycles. The molecule has 0 saturated carbocycles. The van der Waals surface area contributed by atoms with Gasteiger partial charge in [0.05, 0.1) is 0 Å². The predicted octanol–water partition coefficient (Wildman–Crippen LogP) is 2.04. The van der Waals surface area contributed by atoms with Crippen LogP contribution in [-0.4, -0.2) is 30.6 Å². The fourth-order valence-electron chi connectivity index (χ4n) is 1.57. The molecule has 1 aromatic rings. The molecule has 1 atom stereocenters. The largest absolute Gasteiger partial charge is 0.405 e. The smallest absolute Gasteiger partial charge is 0.343 e. The van der Waals surface area contributed by atoms with E-state index in [0.29, 0.717) is 12.1 Å². The van der Waals surface area contributed by atoms with Gasteiger partial charge >= 0.3 is 6.18 Å². The summed E-state index contributed by atoms with van der Waals surface area (Å²) in [5, 5.41) is 4.38. The molecule has 5 nitrogen and oxygen atoms in total. The van der Waals surface area contributed by atoms with Crippen LogP contribution in [0.4, 0.5) is 18.9 Å². The lowest BCUT2D eigenvalue weighted by Crippen LogP contribution is -2.33. The molecule has 1 rings (SSSR count). The summed E-state index contributed by atoms with van der Waals surface area (Å²) in [6.07, 6.45) is -3.64. The van der Waals surface area contributed by atoms with Crippen LogP contribution in [0.25, 0.3) is 0 Å². The summed E-state index contributed by atoms with van der Waals surface area (Å²) >= 11 is 0. The Morgan fingerprint density at radius 2 is 1.82 bits per heavy atom. The van der Waals surface area contributed by atoms with Crippen LogP contribution in [0.5, 0.6) is 0 Å². The lowest BCUT2D eigenvalue weighted by atomic mass is 10.1. The molecule has 8 heteroatoms. The van der Waals surface area contributed by atoms with Crippen LogP contribution in [0.1, 0.15) is 30.1 Å². The van der Waals surface area contributed by atoms with Gasteiger partial charge in [-0.3, -0.25) is 9.59 Å². The number of carbonyl (C=O) groups is 2. The molecule has 0 fully saturated rings. The quantitative estimate of drug-likeness (QED) is 0.751. The van der Waals surface area contributed by atoms with Crippen molar-refractivity contribution in [1.29, 1.82) is 0 Å². The summed E-state index contributed by atoms with van der Waals surface area (Å²) in [7, 11) is 0. The summed E-state index contributed by atoms with van der Waals surface area (Å²) in [5.41, 5.74) is 6.08. The Bertz CT molecular complexity index is 513.